The highest BCUT2D eigenvalue weighted by atomic mass is 79.9. The summed E-state index contributed by atoms with van der Waals surface area (Å²) < 4.78 is 0.631. The molecule has 1 heterocycles. The van der Waals surface area contributed by atoms with Gasteiger partial charge in [-0.3, -0.25) is 19.7 Å². The zero-order valence-corrected chi connectivity index (χ0v) is 15.7. The molecule has 0 bridgehead atoms. The Hall–Kier alpha value is -2.84. The van der Waals surface area contributed by atoms with Gasteiger partial charge in [0.1, 0.15) is 0 Å². The molecular weight excluding hydrogens is 416 g/mol. The number of carbonyl (C=O) groups excluding carboxylic acids is 2. The maximum atomic E-state index is 12.9. The van der Waals surface area contributed by atoms with E-state index in [0.717, 1.165) is 0 Å². The summed E-state index contributed by atoms with van der Waals surface area (Å²) in [5, 5.41) is 22.3. The molecular formula is C19H15BrN2O5. The minimum Gasteiger partial charge on any atom is -0.375 e. The first-order chi connectivity index (χ1) is 12.8. The van der Waals surface area contributed by atoms with Crippen LogP contribution in [-0.4, -0.2) is 28.3 Å². The van der Waals surface area contributed by atoms with E-state index in [4.69, 9.17) is 0 Å². The molecule has 0 saturated heterocycles. The van der Waals surface area contributed by atoms with Gasteiger partial charge < -0.3 is 10.0 Å². The van der Waals surface area contributed by atoms with E-state index in [1.807, 2.05) is 0 Å². The Labute approximate surface area is 163 Å². The Kier molecular flexibility index (Phi) is 4.95. The van der Waals surface area contributed by atoms with Crippen molar-refractivity contribution in [3.05, 3.63) is 80.8 Å². The van der Waals surface area contributed by atoms with Crippen molar-refractivity contribution in [2.45, 2.75) is 12.0 Å². The molecule has 27 heavy (non-hydrogen) atoms. The van der Waals surface area contributed by atoms with Crippen LogP contribution in [0.15, 0.2) is 59.6 Å². The normalized spacial score (nSPS) is 18.3. The van der Waals surface area contributed by atoms with E-state index in [-0.39, 0.29) is 23.4 Å². The lowest BCUT2D eigenvalue weighted by atomic mass is 9.88. The van der Waals surface area contributed by atoms with Crippen LogP contribution in [0.2, 0.25) is 0 Å². The summed E-state index contributed by atoms with van der Waals surface area (Å²) in [5.41, 5.74) is -1.88. The minimum atomic E-state index is -2.11. The lowest BCUT2D eigenvalue weighted by Crippen LogP contribution is -2.42. The molecule has 0 spiro atoms. The second kappa shape index (κ2) is 7.05. The van der Waals surface area contributed by atoms with Crippen LogP contribution in [0.5, 0.6) is 0 Å². The molecule has 1 amide bonds. The second-order valence-corrected chi connectivity index (χ2v) is 7.02. The summed E-state index contributed by atoms with van der Waals surface area (Å²) in [7, 11) is 0. The van der Waals surface area contributed by atoms with Crippen molar-refractivity contribution < 1.29 is 19.6 Å². The topological polar surface area (TPSA) is 101 Å². The minimum absolute atomic E-state index is 0.151. The summed E-state index contributed by atoms with van der Waals surface area (Å²) in [5.74, 6) is -1.35. The van der Waals surface area contributed by atoms with Gasteiger partial charge in [-0.25, -0.2) is 0 Å². The molecule has 0 saturated carbocycles. The number of hydrogen-bond acceptors (Lipinski definition) is 5. The molecule has 2 aromatic carbocycles. The fraction of sp³-hybridized carbons (Fsp3) is 0.158. The molecule has 3 rings (SSSR count). The molecule has 2 aromatic rings. The standard InChI is InChI=1S/C19H15BrN2O5/c1-2-9-21-16-8-7-12(20)10-14(16)19(25,18(21)24)11-17(23)13-5-3-4-6-15(13)22(26)27/h2-8,10,25H,1,9,11H2/t19-/m1/s1. The molecule has 0 radical (unpaired) electrons. The van der Waals surface area contributed by atoms with E-state index in [1.54, 1.807) is 18.2 Å². The monoisotopic (exact) mass is 430 g/mol. The van der Waals surface area contributed by atoms with Gasteiger partial charge in [-0.2, -0.15) is 0 Å². The van der Waals surface area contributed by atoms with Crippen LogP contribution in [0.4, 0.5) is 11.4 Å². The van der Waals surface area contributed by atoms with Crippen LogP contribution in [0.25, 0.3) is 0 Å². The van der Waals surface area contributed by atoms with Crippen molar-refractivity contribution in [2.75, 3.05) is 11.4 Å². The lowest BCUT2D eigenvalue weighted by molar-refractivity contribution is -0.385. The smallest absolute Gasteiger partial charge is 0.280 e. The number of para-hydroxylation sites is 1. The number of benzene rings is 2. The number of halogens is 1. The Bertz CT molecular complexity index is 974. The van der Waals surface area contributed by atoms with Gasteiger partial charge in [0.05, 0.1) is 22.6 Å². The second-order valence-electron chi connectivity index (χ2n) is 6.10. The maximum Gasteiger partial charge on any atom is 0.280 e. The summed E-state index contributed by atoms with van der Waals surface area (Å²) in [4.78, 5) is 37.5. The number of nitrogens with zero attached hydrogens (tertiary/aromatic N) is 2. The number of nitro groups is 1. The predicted octanol–water partition coefficient (Wildman–Crippen LogP) is 3.35. The number of rotatable bonds is 6. The molecule has 1 N–H and O–H groups in total. The van der Waals surface area contributed by atoms with Gasteiger partial charge in [-0.15, -0.1) is 6.58 Å². The first-order valence-electron chi connectivity index (χ1n) is 8.01. The third-order valence-corrected chi connectivity index (χ3v) is 4.92. The third kappa shape index (κ3) is 3.17. The van der Waals surface area contributed by atoms with E-state index in [0.29, 0.717) is 10.2 Å². The molecule has 1 aliphatic heterocycles. The largest absolute Gasteiger partial charge is 0.375 e. The van der Waals surface area contributed by atoms with E-state index in [2.05, 4.69) is 22.5 Å². The highest BCUT2D eigenvalue weighted by molar-refractivity contribution is 9.10. The molecule has 0 aliphatic carbocycles. The number of carbonyl (C=O) groups is 2. The zero-order chi connectivity index (χ0) is 19.8. The Morgan fingerprint density at radius 1 is 1.33 bits per heavy atom. The molecule has 8 heteroatoms. The molecule has 0 fully saturated rings. The van der Waals surface area contributed by atoms with Crippen LogP contribution in [0.1, 0.15) is 22.3 Å². The predicted molar refractivity (Wildman–Crippen MR) is 103 cm³/mol. The number of anilines is 1. The summed E-state index contributed by atoms with van der Waals surface area (Å²) in [6.07, 6.45) is 0.910. The van der Waals surface area contributed by atoms with Gasteiger partial charge >= 0.3 is 0 Å². The lowest BCUT2D eigenvalue weighted by Gasteiger charge is -2.22. The average Bonchev–Trinajstić information content (AvgIpc) is 2.83. The van der Waals surface area contributed by atoms with Crippen molar-refractivity contribution in [3.8, 4) is 0 Å². The number of Topliss-reactive ketones (excluding diaryl/α,β-unsaturated/α-hetero) is 1. The Balaban J connectivity index is 2.05. The van der Waals surface area contributed by atoms with Crippen LogP contribution in [0, 0.1) is 10.1 Å². The van der Waals surface area contributed by atoms with Gasteiger partial charge in [0, 0.05) is 22.6 Å². The summed E-state index contributed by atoms with van der Waals surface area (Å²) in [6.45, 7) is 3.77. The highest BCUT2D eigenvalue weighted by Gasteiger charge is 2.51. The Morgan fingerprint density at radius 2 is 2.04 bits per heavy atom. The van der Waals surface area contributed by atoms with Crippen LogP contribution in [0.3, 0.4) is 0 Å². The van der Waals surface area contributed by atoms with Gasteiger partial charge in [0.15, 0.2) is 11.4 Å². The number of nitro benzene ring substituents is 1. The van der Waals surface area contributed by atoms with Crippen molar-refractivity contribution in [3.63, 3.8) is 0 Å². The van der Waals surface area contributed by atoms with Crippen LogP contribution < -0.4 is 4.90 Å². The van der Waals surface area contributed by atoms with Crippen molar-refractivity contribution in [2.24, 2.45) is 0 Å². The van der Waals surface area contributed by atoms with Gasteiger partial charge in [-0.05, 0) is 24.3 Å². The number of hydrogen-bond donors (Lipinski definition) is 1. The molecule has 1 aliphatic rings. The first-order valence-corrected chi connectivity index (χ1v) is 8.81. The molecule has 0 unspecified atom stereocenters. The number of aliphatic hydroxyl groups is 1. The van der Waals surface area contributed by atoms with Gasteiger partial charge in [-0.1, -0.05) is 34.1 Å². The number of fused-ring (bicyclic) bond motifs is 1. The van der Waals surface area contributed by atoms with Crippen molar-refractivity contribution >= 4 is 39.0 Å². The van der Waals surface area contributed by atoms with Gasteiger partial charge in [0.25, 0.3) is 11.6 Å². The number of amides is 1. The molecule has 1 atom stereocenters. The van der Waals surface area contributed by atoms with E-state index < -0.39 is 28.6 Å². The first kappa shape index (κ1) is 18.9. The Morgan fingerprint density at radius 3 is 2.70 bits per heavy atom. The molecule has 7 nitrogen and oxygen atoms in total. The van der Waals surface area contributed by atoms with Crippen molar-refractivity contribution in [1.82, 2.24) is 0 Å². The third-order valence-electron chi connectivity index (χ3n) is 4.42. The fourth-order valence-corrected chi connectivity index (χ4v) is 3.56. The van der Waals surface area contributed by atoms with Crippen LogP contribution >= 0.6 is 15.9 Å². The summed E-state index contributed by atoms with van der Waals surface area (Å²) in [6, 6.07) is 10.4. The number of ketones is 1. The quantitative estimate of drug-likeness (QED) is 0.327. The summed E-state index contributed by atoms with van der Waals surface area (Å²) >= 11 is 3.30. The SMILES string of the molecule is C=CCN1C(=O)[C@@](O)(CC(=O)c2ccccc2[N+](=O)[O-])c2cc(Br)ccc21. The van der Waals surface area contributed by atoms with E-state index in [9.17, 15) is 24.8 Å². The zero-order valence-electron chi connectivity index (χ0n) is 14.1. The highest BCUT2D eigenvalue weighted by Crippen LogP contribution is 2.44. The van der Waals surface area contributed by atoms with E-state index >= 15 is 0 Å². The average molecular weight is 431 g/mol. The maximum absolute atomic E-state index is 12.9. The molecule has 138 valence electrons. The van der Waals surface area contributed by atoms with E-state index in [1.165, 1.54) is 35.2 Å². The van der Waals surface area contributed by atoms with Gasteiger partial charge in [0.2, 0.25) is 0 Å². The van der Waals surface area contributed by atoms with Crippen molar-refractivity contribution in [1.29, 1.82) is 0 Å². The fourth-order valence-electron chi connectivity index (χ4n) is 3.20. The molecule has 0 aromatic heterocycles. The van der Waals surface area contributed by atoms with Crippen LogP contribution in [-0.2, 0) is 10.4 Å².